The summed E-state index contributed by atoms with van der Waals surface area (Å²) in [5.41, 5.74) is 0.836. The fourth-order valence-electron chi connectivity index (χ4n) is 3.32. The first-order chi connectivity index (χ1) is 14.8. The van der Waals surface area contributed by atoms with E-state index in [1.165, 1.54) is 0 Å². The Morgan fingerprint density at radius 1 is 1.17 bits per heavy atom. The van der Waals surface area contributed by atoms with Crippen molar-refractivity contribution in [1.82, 2.24) is 19.7 Å². The maximum atomic E-state index is 12.3. The third-order valence-electron chi connectivity index (χ3n) is 4.83. The molecule has 4 rings (SSSR count). The van der Waals surface area contributed by atoms with Crippen molar-refractivity contribution in [3.63, 3.8) is 0 Å². The summed E-state index contributed by atoms with van der Waals surface area (Å²) in [4.78, 5) is 14.2. The minimum Gasteiger partial charge on any atom is -0.495 e. The molecule has 1 fully saturated rings. The largest absolute Gasteiger partial charge is 0.495 e. The van der Waals surface area contributed by atoms with Gasteiger partial charge in [-0.25, -0.2) is 0 Å². The van der Waals surface area contributed by atoms with Gasteiger partial charge in [-0.15, -0.1) is 10.2 Å². The average molecular weight is 429 g/mol. The van der Waals surface area contributed by atoms with Crippen molar-refractivity contribution in [3.05, 3.63) is 42.7 Å². The van der Waals surface area contributed by atoms with Gasteiger partial charge in [0.1, 0.15) is 5.75 Å². The predicted molar refractivity (Wildman–Crippen MR) is 113 cm³/mol. The number of carbonyl (C=O) groups excluding carboxylic acids is 1. The van der Waals surface area contributed by atoms with Crippen molar-refractivity contribution >= 4 is 17.7 Å². The van der Waals surface area contributed by atoms with E-state index < -0.39 is 0 Å². The van der Waals surface area contributed by atoms with Crippen molar-refractivity contribution in [2.24, 2.45) is 0 Å². The number of amides is 1. The van der Waals surface area contributed by atoms with Gasteiger partial charge in [0.25, 0.3) is 0 Å². The second kappa shape index (κ2) is 9.82. The van der Waals surface area contributed by atoms with E-state index in [-0.39, 0.29) is 5.91 Å². The van der Waals surface area contributed by atoms with E-state index in [1.54, 1.807) is 25.1 Å². The zero-order valence-electron chi connectivity index (χ0n) is 16.8. The lowest BCUT2D eigenvalue weighted by molar-refractivity contribution is -0.135. The number of para-hydroxylation sites is 2. The number of hydrogen-bond acceptors (Lipinski definition) is 7. The molecule has 1 aromatic carbocycles. The summed E-state index contributed by atoms with van der Waals surface area (Å²) in [7, 11) is 1.64. The molecule has 3 heterocycles. The van der Waals surface area contributed by atoms with Crippen LogP contribution in [0.15, 0.2) is 52.2 Å². The minimum absolute atomic E-state index is 0.182. The number of ether oxygens (including phenoxy) is 2. The normalized spacial score (nSPS) is 14.1. The first-order valence-corrected chi connectivity index (χ1v) is 10.9. The van der Waals surface area contributed by atoms with Gasteiger partial charge in [-0.05, 0) is 30.7 Å². The molecule has 1 aliphatic heterocycles. The Morgan fingerprint density at radius 3 is 2.77 bits per heavy atom. The quantitative estimate of drug-likeness (QED) is 0.402. The molecule has 0 unspecified atom stereocenters. The Hall–Kier alpha value is -2.78. The molecule has 0 saturated carbocycles. The molecule has 0 radical (unpaired) electrons. The number of thioether (sulfide) groups is 1. The van der Waals surface area contributed by atoms with Crippen LogP contribution in [-0.2, 0) is 9.53 Å². The van der Waals surface area contributed by atoms with E-state index in [4.69, 9.17) is 13.9 Å². The SMILES string of the molecule is COc1ccccc1-n1c(SCCCC(=O)N2CCOCC2)nnc1-c1ccco1. The van der Waals surface area contributed by atoms with Gasteiger partial charge in [0, 0.05) is 25.3 Å². The summed E-state index contributed by atoms with van der Waals surface area (Å²) in [6, 6.07) is 11.4. The van der Waals surface area contributed by atoms with Gasteiger partial charge < -0.3 is 18.8 Å². The van der Waals surface area contributed by atoms with Crippen molar-refractivity contribution in [2.45, 2.75) is 18.0 Å². The van der Waals surface area contributed by atoms with E-state index in [0.717, 1.165) is 28.8 Å². The van der Waals surface area contributed by atoms with Crippen molar-refractivity contribution < 1.29 is 18.7 Å². The molecule has 0 N–H and O–H groups in total. The van der Waals surface area contributed by atoms with Crippen LogP contribution in [0.4, 0.5) is 0 Å². The standard InChI is InChI=1S/C21H24N4O4S/c1-27-17-7-3-2-6-16(17)25-20(18-8-4-12-29-18)22-23-21(25)30-15-5-9-19(26)24-10-13-28-14-11-24/h2-4,6-8,12H,5,9-11,13-15H2,1H3. The highest BCUT2D eigenvalue weighted by molar-refractivity contribution is 7.99. The third-order valence-corrected chi connectivity index (χ3v) is 5.85. The first kappa shape index (κ1) is 20.5. The molecule has 1 aliphatic rings. The molecular weight excluding hydrogens is 404 g/mol. The van der Waals surface area contributed by atoms with Crippen LogP contribution in [0.1, 0.15) is 12.8 Å². The number of nitrogens with zero attached hydrogens (tertiary/aromatic N) is 4. The molecule has 1 amide bonds. The molecular formula is C21H24N4O4S. The van der Waals surface area contributed by atoms with Crippen molar-refractivity contribution in [3.8, 4) is 23.0 Å². The number of hydrogen-bond donors (Lipinski definition) is 0. The number of morpholine rings is 1. The topological polar surface area (TPSA) is 82.6 Å². The summed E-state index contributed by atoms with van der Waals surface area (Å²) >= 11 is 1.56. The van der Waals surface area contributed by atoms with E-state index in [1.807, 2.05) is 45.9 Å². The van der Waals surface area contributed by atoms with Crippen LogP contribution < -0.4 is 4.74 Å². The van der Waals surface area contributed by atoms with Gasteiger partial charge >= 0.3 is 0 Å². The van der Waals surface area contributed by atoms with Crippen LogP contribution in [0.2, 0.25) is 0 Å². The highest BCUT2D eigenvalue weighted by Gasteiger charge is 2.21. The summed E-state index contributed by atoms with van der Waals surface area (Å²) in [5.74, 6) is 2.89. The van der Waals surface area contributed by atoms with Gasteiger partial charge in [-0.2, -0.15) is 0 Å². The third kappa shape index (κ3) is 4.52. The second-order valence-corrected chi connectivity index (χ2v) is 7.80. The number of aromatic nitrogens is 3. The van der Waals surface area contributed by atoms with Gasteiger partial charge in [0.05, 0.1) is 32.3 Å². The van der Waals surface area contributed by atoms with Crippen LogP contribution in [0.5, 0.6) is 5.75 Å². The van der Waals surface area contributed by atoms with Crippen molar-refractivity contribution in [1.29, 1.82) is 0 Å². The number of furan rings is 1. The summed E-state index contributed by atoms with van der Waals surface area (Å²) in [6.45, 7) is 2.61. The molecule has 3 aromatic rings. The highest BCUT2D eigenvalue weighted by Crippen LogP contribution is 2.32. The van der Waals surface area contributed by atoms with Crippen LogP contribution in [-0.4, -0.2) is 64.7 Å². The number of methoxy groups -OCH3 is 1. The van der Waals surface area contributed by atoms with E-state index in [0.29, 0.717) is 44.3 Å². The molecule has 9 heteroatoms. The Balaban J connectivity index is 1.48. The van der Waals surface area contributed by atoms with Gasteiger partial charge in [-0.1, -0.05) is 23.9 Å². The van der Waals surface area contributed by atoms with Gasteiger partial charge in [0.15, 0.2) is 10.9 Å². The lowest BCUT2D eigenvalue weighted by Gasteiger charge is -2.26. The Kier molecular flexibility index (Phi) is 6.70. The van der Waals surface area contributed by atoms with Crippen LogP contribution in [0.25, 0.3) is 17.3 Å². The van der Waals surface area contributed by atoms with Crippen LogP contribution in [0.3, 0.4) is 0 Å². The molecule has 0 bridgehead atoms. The zero-order valence-corrected chi connectivity index (χ0v) is 17.6. The first-order valence-electron chi connectivity index (χ1n) is 9.89. The highest BCUT2D eigenvalue weighted by atomic mass is 32.2. The van der Waals surface area contributed by atoms with E-state index >= 15 is 0 Å². The minimum atomic E-state index is 0.182. The van der Waals surface area contributed by atoms with Crippen LogP contribution >= 0.6 is 11.8 Å². The molecule has 2 aromatic heterocycles. The summed E-state index contributed by atoms with van der Waals surface area (Å²) < 4.78 is 18.3. The smallest absolute Gasteiger partial charge is 0.222 e. The maximum absolute atomic E-state index is 12.3. The fourth-order valence-corrected chi connectivity index (χ4v) is 4.20. The molecule has 0 aliphatic carbocycles. The van der Waals surface area contributed by atoms with Gasteiger partial charge in [-0.3, -0.25) is 9.36 Å². The lowest BCUT2D eigenvalue weighted by Crippen LogP contribution is -2.40. The molecule has 30 heavy (non-hydrogen) atoms. The predicted octanol–water partition coefficient (Wildman–Crippen LogP) is 3.27. The molecule has 0 spiro atoms. The Bertz CT molecular complexity index is 967. The molecule has 0 atom stereocenters. The van der Waals surface area contributed by atoms with E-state index in [9.17, 15) is 4.79 Å². The molecule has 1 saturated heterocycles. The van der Waals surface area contributed by atoms with Crippen LogP contribution in [0, 0.1) is 0 Å². The monoisotopic (exact) mass is 428 g/mol. The lowest BCUT2D eigenvalue weighted by atomic mass is 10.3. The molecule has 8 nitrogen and oxygen atoms in total. The fraction of sp³-hybridized carbons (Fsp3) is 0.381. The Labute approximate surface area is 179 Å². The Morgan fingerprint density at radius 2 is 2.00 bits per heavy atom. The summed E-state index contributed by atoms with van der Waals surface area (Å²) in [6.07, 6.45) is 2.89. The van der Waals surface area contributed by atoms with Gasteiger partial charge in [0.2, 0.25) is 11.7 Å². The average Bonchev–Trinajstić information content (AvgIpc) is 3.47. The summed E-state index contributed by atoms with van der Waals surface area (Å²) in [5, 5.41) is 9.46. The number of carbonyl (C=O) groups is 1. The van der Waals surface area contributed by atoms with Crippen molar-refractivity contribution in [2.75, 3.05) is 39.2 Å². The van der Waals surface area contributed by atoms with E-state index in [2.05, 4.69) is 10.2 Å². The number of benzene rings is 1. The second-order valence-electron chi connectivity index (χ2n) is 6.74. The number of rotatable bonds is 8. The molecule has 158 valence electrons. The maximum Gasteiger partial charge on any atom is 0.222 e. The zero-order chi connectivity index (χ0) is 20.8.